The van der Waals surface area contributed by atoms with Gasteiger partial charge in [0.1, 0.15) is 5.75 Å². The van der Waals surface area contributed by atoms with Crippen LogP contribution in [0.2, 0.25) is 0 Å². The molecule has 0 radical (unpaired) electrons. The molecule has 0 bridgehead atoms. The molecular formula is C24H22N2O4S. The zero-order valence-electron chi connectivity index (χ0n) is 17.2. The fourth-order valence-electron chi connectivity index (χ4n) is 3.57. The third-order valence-electron chi connectivity index (χ3n) is 5.26. The van der Waals surface area contributed by atoms with Gasteiger partial charge < -0.3 is 4.74 Å². The Labute approximate surface area is 181 Å². The molecule has 0 aromatic heterocycles. The maximum absolute atomic E-state index is 13.3. The lowest BCUT2D eigenvalue weighted by Crippen LogP contribution is -2.27. The quantitative estimate of drug-likeness (QED) is 0.606. The number of ether oxygens (including phenoxy) is 1. The molecule has 0 saturated carbocycles. The molecule has 7 heteroatoms. The molecule has 1 aliphatic rings. The first kappa shape index (κ1) is 20.8. The van der Waals surface area contributed by atoms with Crippen LogP contribution in [0.25, 0.3) is 0 Å². The second kappa shape index (κ2) is 8.35. The Bertz CT molecular complexity index is 1220. The number of hydrazone groups is 1. The van der Waals surface area contributed by atoms with Crippen molar-refractivity contribution in [3.8, 4) is 5.75 Å². The Balaban J connectivity index is 1.69. The first-order valence-corrected chi connectivity index (χ1v) is 11.7. The van der Waals surface area contributed by atoms with E-state index in [1.165, 1.54) is 29.3 Å². The van der Waals surface area contributed by atoms with E-state index in [-0.39, 0.29) is 16.8 Å². The monoisotopic (exact) mass is 434 g/mol. The molecule has 0 N–H and O–H groups in total. The summed E-state index contributed by atoms with van der Waals surface area (Å²) in [7, 11) is -1.72. The second-order valence-corrected chi connectivity index (χ2v) is 9.37. The van der Waals surface area contributed by atoms with Crippen molar-refractivity contribution >= 4 is 21.5 Å². The standard InChI is InChI=1S/C24H22N2O4S/c1-30-20-12-8-17(9-13-20)22-16-23(18-6-4-3-5-7-18)26(25-22)24(27)19-10-14-21(15-11-19)31(2,28)29/h3-15,23H,16H2,1-2H3. The SMILES string of the molecule is COc1ccc(C2=NN(C(=O)c3ccc(S(C)(=O)=O)cc3)C(c3ccccc3)C2)cc1. The molecule has 0 spiro atoms. The second-order valence-electron chi connectivity index (χ2n) is 7.35. The average molecular weight is 435 g/mol. The van der Waals surface area contributed by atoms with Gasteiger partial charge in [0.25, 0.3) is 5.91 Å². The molecule has 1 amide bonds. The molecule has 31 heavy (non-hydrogen) atoms. The highest BCUT2D eigenvalue weighted by atomic mass is 32.2. The number of hydrogen-bond acceptors (Lipinski definition) is 5. The van der Waals surface area contributed by atoms with E-state index < -0.39 is 9.84 Å². The summed E-state index contributed by atoms with van der Waals surface area (Å²) < 4.78 is 28.7. The minimum Gasteiger partial charge on any atom is -0.497 e. The summed E-state index contributed by atoms with van der Waals surface area (Å²) in [6, 6.07) is 23.0. The van der Waals surface area contributed by atoms with Gasteiger partial charge in [-0.1, -0.05) is 30.3 Å². The van der Waals surface area contributed by atoms with Crippen LogP contribution in [0, 0.1) is 0 Å². The molecule has 1 atom stereocenters. The van der Waals surface area contributed by atoms with E-state index in [2.05, 4.69) is 5.10 Å². The highest BCUT2D eigenvalue weighted by Gasteiger charge is 2.33. The molecule has 4 rings (SSSR count). The first-order chi connectivity index (χ1) is 14.9. The predicted octanol–water partition coefficient (Wildman–Crippen LogP) is 4.09. The van der Waals surface area contributed by atoms with E-state index in [0.29, 0.717) is 12.0 Å². The third kappa shape index (κ3) is 4.36. The maximum Gasteiger partial charge on any atom is 0.274 e. The number of benzene rings is 3. The summed E-state index contributed by atoms with van der Waals surface area (Å²) in [5.74, 6) is 0.471. The van der Waals surface area contributed by atoms with Crippen molar-refractivity contribution in [1.29, 1.82) is 0 Å². The molecule has 6 nitrogen and oxygen atoms in total. The van der Waals surface area contributed by atoms with Crippen molar-refractivity contribution in [3.05, 3.63) is 95.6 Å². The summed E-state index contributed by atoms with van der Waals surface area (Å²) in [6.07, 6.45) is 1.71. The fourth-order valence-corrected chi connectivity index (χ4v) is 4.20. The smallest absolute Gasteiger partial charge is 0.274 e. The van der Waals surface area contributed by atoms with Crippen molar-refractivity contribution in [2.75, 3.05) is 13.4 Å². The molecular weight excluding hydrogens is 412 g/mol. The molecule has 0 saturated heterocycles. The summed E-state index contributed by atoms with van der Waals surface area (Å²) in [4.78, 5) is 13.5. The molecule has 158 valence electrons. The van der Waals surface area contributed by atoms with E-state index in [4.69, 9.17) is 4.74 Å². The molecule has 1 aliphatic heterocycles. The van der Waals surface area contributed by atoms with Crippen molar-refractivity contribution in [2.45, 2.75) is 17.4 Å². The van der Waals surface area contributed by atoms with Gasteiger partial charge in [0.2, 0.25) is 0 Å². The fraction of sp³-hybridized carbons (Fsp3) is 0.167. The number of rotatable bonds is 5. The van der Waals surface area contributed by atoms with E-state index in [1.807, 2.05) is 54.6 Å². The van der Waals surface area contributed by atoms with Crippen LogP contribution < -0.4 is 4.74 Å². The molecule has 0 aliphatic carbocycles. The lowest BCUT2D eigenvalue weighted by atomic mass is 9.98. The Kier molecular flexibility index (Phi) is 5.61. The molecule has 3 aromatic carbocycles. The molecule has 1 unspecified atom stereocenters. The number of carbonyl (C=O) groups is 1. The summed E-state index contributed by atoms with van der Waals surface area (Å²) in [6.45, 7) is 0. The number of carbonyl (C=O) groups excluding carboxylic acids is 1. The average Bonchev–Trinajstić information content (AvgIpc) is 3.24. The minimum atomic E-state index is -3.33. The van der Waals surface area contributed by atoms with Crippen LogP contribution in [0.15, 0.2) is 88.9 Å². The largest absolute Gasteiger partial charge is 0.497 e. The van der Waals surface area contributed by atoms with Crippen molar-refractivity contribution in [2.24, 2.45) is 5.10 Å². The van der Waals surface area contributed by atoms with E-state index in [9.17, 15) is 13.2 Å². The van der Waals surface area contributed by atoms with E-state index in [0.717, 1.165) is 28.8 Å². The zero-order chi connectivity index (χ0) is 22.0. The molecule has 3 aromatic rings. The van der Waals surface area contributed by atoms with Gasteiger partial charge in [-0.25, -0.2) is 13.4 Å². The van der Waals surface area contributed by atoms with Crippen LogP contribution in [0.1, 0.15) is 33.9 Å². The van der Waals surface area contributed by atoms with Gasteiger partial charge in [0.15, 0.2) is 9.84 Å². The van der Waals surface area contributed by atoms with Crippen LogP contribution in [-0.2, 0) is 9.84 Å². The highest BCUT2D eigenvalue weighted by Crippen LogP contribution is 2.34. The van der Waals surface area contributed by atoms with Crippen LogP contribution in [0.4, 0.5) is 0 Å². The van der Waals surface area contributed by atoms with Crippen molar-refractivity contribution in [1.82, 2.24) is 5.01 Å². The van der Waals surface area contributed by atoms with Gasteiger partial charge in [-0.15, -0.1) is 0 Å². The van der Waals surface area contributed by atoms with Crippen LogP contribution in [0.3, 0.4) is 0 Å². The van der Waals surface area contributed by atoms with Gasteiger partial charge >= 0.3 is 0 Å². The minimum absolute atomic E-state index is 0.174. The zero-order valence-corrected chi connectivity index (χ0v) is 18.0. The Hall–Kier alpha value is -3.45. The Morgan fingerprint density at radius 3 is 2.19 bits per heavy atom. The third-order valence-corrected chi connectivity index (χ3v) is 6.38. The summed E-state index contributed by atoms with van der Waals surface area (Å²) in [5.41, 5.74) is 3.09. The maximum atomic E-state index is 13.3. The van der Waals surface area contributed by atoms with E-state index in [1.54, 1.807) is 7.11 Å². The predicted molar refractivity (Wildman–Crippen MR) is 119 cm³/mol. The first-order valence-electron chi connectivity index (χ1n) is 9.77. The Morgan fingerprint density at radius 1 is 0.968 bits per heavy atom. The summed E-state index contributed by atoms with van der Waals surface area (Å²) in [5, 5.41) is 6.15. The number of hydrogen-bond donors (Lipinski definition) is 0. The lowest BCUT2D eigenvalue weighted by Gasteiger charge is -2.22. The van der Waals surface area contributed by atoms with Crippen LogP contribution in [-0.4, -0.2) is 38.4 Å². The normalized spacial score (nSPS) is 16.1. The lowest BCUT2D eigenvalue weighted by molar-refractivity contribution is 0.0711. The number of methoxy groups -OCH3 is 1. The van der Waals surface area contributed by atoms with Crippen LogP contribution in [0.5, 0.6) is 5.75 Å². The van der Waals surface area contributed by atoms with E-state index >= 15 is 0 Å². The van der Waals surface area contributed by atoms with Gasteiger partial charge in [-0.3, -0.25) is 4.79 Å². The molecule has 0 fully saturated rings. The van der Waals surface area contributed by atoms with Crippen molar-refractivity contribution < 1.29 is 17.9 Å². The number of amides is 1. The van der Waals surface area contributed by atoms with Crippen LogP contribution >= 0.6 is 0 Å². The Morgan fingerprint density at radius 2 is 1.61 bits per heavy atom. The van der Waals surface area contributed by atoms with Gasteiger partial charge in [0, 0.05) is 18.2 Å². The number of nitrogens with zero attached hydrogens (tertiary/aromatic N) is 2. The van der Waals surface area contributed by atoms with Crippen molar-refractivity contribution in [3.63, 3.8) is 0 Å². The highest BCUT2D eigenvalue weighted by molar-refractivity contribution is 7.90. The topological polar surface area (TPSA) is 76.0 Å². The van der Waals surface area contributed by atoms with Gasteiger partial charge in [-0.05, 0) is 59.7 Å². The van der Waals surface area contributed by atoms with Gasteiger partial charge in [-0.2, -0.15) is 5.10 Å². The summed E-state index contributed by atoms with van der Waals surface area (Å²) >= 11 is 0. The van der Waals surface area contributed by atoms with Gasteiger partial charge in [0.05, 0.1) is 23.8 Å². The number of sulfone groups is 1. The molecule has 1 heterocycles.